The molecule has 2 rings (SSSR count). The third kappa shape index (κ3) is 6.41. The highest BCUT2D eigenvalue weighted by Gasteiger charge is 2.39. The Labute approximate surface area is 169 Å². The summed E-state index contributed by atoms with van der Waals surface area (Å²) in [6.45, 7) is 2.16. The highest BCUT2D eigenvalue weighted by molar-refractivity contribution is 5.84. The van der Waals surface area contributed by atoms with Gasteiger partial charge < -0.3 is 14.9 Å². The number of esters is 1. The van der Waals surface area contributed by atoms with E-state index in [2.05, 4.69) is 11.7 Å². The first-order chi connectivity index (χ1) is 13.4. The number of hydrogen-bond acceptors (Lipinski definition) is 5. The molecule has 0 aromatic carbocycles. The molecule has 4 atom stereocenters. The Morgan fingerprint density at radius 1 is 1.25 bits per heavy atom. The van der Waals surface area contributed by atoms with E-state index >= 15 is 0 Å². The molecule has 0 aromatic rings. The number of unbranched alkanes of at least 4 members (excludes halogenated alkanes) is 3. The van der Waals surface area contributed by atoms with E-state index in [9.17, 15) is 19.8 Å². The fraction of sp³-hybridized carbons (Fsp3) is 0.826. The number of methoxy groups -OCH3 is 1. The standard InChI is InChI=1S/C23H38O5/c1-23(14-7-8-15-23)21(26)12-9-11-18-17(19(24)16-20(18)25)10-5-3-4-6-13-22(27)28-2/h9,11,17-18,20-21,25-26H,3-8,10,12-16H2,1-2H3/b11-9+/t17-,18-,20-,21+/m1/s1. The van der Waals surface area contributed by atoms with Crippen molar-refractivity contribution in [2.45, 2.75) is 96.2 Å². The summed E-state index contributed by atoms with van der Waals surface area (Å²) < 4.78 is 4.63. The first-order valence-electron chi connectivity index (χ1n) is 11.0. The Hall–Kier alpha value is -1.20. The van der Waals surface area contributed by atoms with Gasteiger partial charge in [-0.15, -0.1) is 0 Å². The second kappa shape index (κ2) is 11.1. The molecule has 5 heteroatoms. The summed E-state index contributed by atoms with van der Waals surface area (Å²) in [6.07, 6.45) is 13.2. The number of aliphatic hydroxyl groups is 2. The van der Waals surface area contributed by atoms with Crippen LogP contribution in [0.2, 0.25) is 0 Å². The average molecular weight is 395 g/mol. The fourth-order valence-corrected chi connectivity index (χ4v) is 4.85. The van der Waals surface area contributed by atoms with Gasteiger partial charge in [0.15, 0.2) is 0 Å². The molecule has 28 heavy (non-hydrogen) atoms. The van der Waals surface area contributed by atoms with Crippen LogP contribution in [0.15, 0.2) is 12.2 Å². The van der Waals surface area contributed by atoms with Gasteiger partial charge in [-0.05, 0) is 37.5 Å². The molecule has 160 valence electrons. The van der Waals surface area contributed by atoms with Crippen LogP contribution in [-0.2, 0) is 14.3 Å². The zero-order valence-corrected chi connectivity index (χ0v) is 17.6. The van der Waals surface area contributed by atoms with Crippen molar-refractivity contribution in [1.82, 2.24) is 0 Å². The molecular formula is C23H38O5. The largest absolute Gasteiger partial charge is 0.469 e. The maximum atomic E-state index is 12.3. The first kappa shape index (κ1) is 23.1. The van der Waals surface area contributed by atoms with Crippen LogP contribution in [0.25, 0.3) is 0 Å². The van der Waals surface area contributed by atoms with Gasteiger partial charge in [0.1, 0.15) is 5.78 Å². The van der Waals surface area contributed by atoms with Gasteiger partial charge in [-0.2, -0.15) is 0 Å². The lowest BCUT2D eigenvalue weighted by atomic mass is 9.80. The Morgan fingerprint density at radius 2 is 1.93 bits per heavy atom. The van der Waals surface area contributed by atoms with E-state index < -0.39 is 6.10 Å². The number of carbonyl (C=O) groups excluding carboxylic acids is 2. The van der Waals surface area contributed by atoms with Crippen molar-refractivity contribution in [3.8, 4) is 0 Å². The molecule has 2 N–H and O–H groups in total. The Kier molecular flexibility index (Phi) is 9.16. The summed E-state index contributed by atoms with van der Waals surface area (Å²) >= 11 is 0. The van der Waals surface area contributed by atoms with E-state index in [4.69, 9.17) is 0 Å². The Balaban J connectivity index is 1.76. The van der Waals surface area contributed by atoms with E-state index in [1.165, 1.54) is 20.0 Å². The molecule has 0 heterocycles. The van der Waals surface area contributed by atoms with E-state index in [0.29, 0.717) is 12.8 Å². The molecule has 0 aliphatic heterocycles. The second-order valence-electron chi connectivity index (χ2n) is 8.99. The Morgan fingerprint density at radius 3 is 2.61 bits per heavy atom. The normalized spacial score (nSPS) is 28.1. The zero-order valence-electron chi connectivity index (χ0n) is 17.6. The van der Waals surface area contributed by atoms with E-state index in [1.807, 2.05) is 12.2 Å². The van der Waals surface area contributed by atoms with E-state index in [1.54, 1.807) is 0 Å². The highest BCUT2D eigenvalue weighted by atomic mass is 16.5. The van der Waals surface area contributed by atoms with Gasteiger partial charge in [0.25, 0.3) is 0 Å². The molecule has 0 amide bonds. The van der Waals surface area contributed by atoms with Gasteiger partial charge >= 0.3 is 5.97 Å². The lowest BCUT2D eigenvalue weighted by Gasteiger charge is -2.29. The minimum absolute atomic E-state index is 0.0120. The van der Waals surface area contributed by atoms with Crippen LogP contribution in [-0.4, -0.2) is 41.3 Å². The molecule has 2 aliphatic rings. The molecule has 0 radical (unpaired) electrons. The number of hydrogen-bond donors (Lipinski definition) is 2. The third-order valence-electron chi connectivity index (χ3n) is 6.87. The van der Waals surface area contributed by atoms with Crippen molar-refractivity contribution in [1.29, 1.82) is 0 Å². The molecule has 0 saturated heterocycles. The van der Waals surface area contributed by atoms with E-state index in [0.717, 1.165) is 44.9 Å². The number of ether oxygens (including phenoxy) is 1. The van der Waals surface area contributed by atoms with Crippen molar-refractivity contribution < 1.29 is 24.5 Å². The monoisotopic (exact) mass is 394 g/mol. The van der Waals surface area contributed by atoms with Crippen molar-refractivity contribution in [2.24, 2.45) is 17.3 Å². The molecule has 2 fully saturated rings. The van der Waals surface area contributed by atoms with Crippen molar-refractivity contribution in [3.05, 3.63) is 12.2 Å². The van der Waals surface area contributed by atoms with Gasteiger partial charge in [0.2, 0.25) is 0 Å². The summed E-state index contributed by atoms with van der Waals surface area (Å²) in [7, 11) is 1.40. The van der Waals surface area contributed by atoms with Crippen LogP contribution in [0.1, 0.15) is 84.0 Å². The van der Waals surface area contributed by atoms with Crippen LogP contribution in [0.5, 0.6) is 0 Å². The SMILES string of the molecule is COC(=O)CCCCCC[C@H]1C(=O)C[C@@H](O)[C@@H]1/C=C/C[C@H](O)C1(C)CCCC1. The third-order valence-corrected chi connectivity index (χ3v) is 6.87. The number of rotatable bonds is 11. The summed E-state index contributed by atoms with van der Waals surface area (Å²) in [5, 5.41) is 20.8. The van der Waals surface area contributed by atoms with E-state index in [-0.39, 0.29) is 41.5 Å². The summed E-state index contributed by atoms with van der Waals surface area (Å²) in [5.74, 6) is -0.273. The highest BCUT2D eigenvalue weighted by Crippen LogP contribution is 2.42. The van der Waals surface area contributed by atoms with Gasteiger partial charge in [-0.3, -0.25) is 9.59 Å². The van der Waals surface area contributed by atoms with Gasteiger partial charge in [0, 0.05) is 24.7 Å². The van der Waals surface area contributed by atoms with Crippen LogP contribution in [0, 0.1) is 17.3 Å². The average Bonchev–Trinajstić information content (AvgIpc) is 3.22. The molecular weight excluding hydrogens is 356 g/mol. The van der Waals surface area contributed by atoms with Gasteiger partial charge in [-0.25, -0.2) is 0 Å². The minimum atomic E-state index is -0.604. The molecule has 2 aliphatic carbocycles. The molecule has 2 saturated carbocycles. The summed E-state index contributed by atoms with van der Waals surface area (Å²) in [5.41, 5.74) is 0.0120. The molecule has 5 nitrogen and oxygen atoms in total. The van der Waals surface area contributed by atoms with Crippen molar-refractivity contribution >= 4 is 11.8 Å². The van der Waals surface area contributed by atoms with Gasteiger partial charge in [-0.1, -0.05) is 51.2 Å². The fourth-order valence-electron chi connectivity index (χ4n) is 4.85. The first-order valence-corrected chi connectivity index (χ1v) is 11.0. The molecule has 0 bridgehead atoms. The lowest BCUT2D eigenvalue weighted by Crippen LogP contribution is -2.29. The van der Waals surface area contributed by atoms with Crippen molar-refractivity contribution in [2.75, 3.05) is 7.11 Å². The maximum absolute atomic E-state index is 12.3. The van der Waals surface area contributed by atoms with Crippen LogP contribution in [0.4, 0.5) is 0 Å². The number of Topliss-reactive ketones (excluding diaryl/α,β-unsaturated/α-hetero) is 1. The lowest BCUT2D eigenvalue weighted by molar-refractivity contribution is -0.140. The predicted octanol–water partition coefficient (Wildman–Crippen LogP) is 3.95. The molecule has 0 unspecified atom stereocenters. The minimum Gasteiger partial charge on any atom is -0.469 e. The number of carbonyl (C=O) groups is 2. The maximum Gasteiger partial charge on any atom is 0.305 e. The molecule has 0 aromatic heterocycles. The van der Waals surface area contributed by atoms with Crippen LogP contribution >= 0.6 is 0 Å². The topological polar surface area (TPSA) is 83.8 Å². The molecule has 0 spiro atoms. The smallest absolute Gasteiger partial charge is 0.305 e. The zero-order chi connectivity index (χ0) is 20.6. The second-order valence-corrected chi connectivity index (χ2v) is 8.99. The van der Waals surface area contributed by atoms with Crippen LogP contribution < -0.4 is 0 Å². The number of aliphatic hydroxyl groups excluding tert-OH is 2. The summed E-state index contributed by atoms with van der Waals surface area (Å²) in [4.78, 5) is 23.4. The Bertz CT molecular complexity index is 535. The van der Waals surface area contributed by atoms with Crippen molar-refractivity contribution in [3.63, 3.8) is 0 Å². The van der Waals surface area contributed by atoms with Crippen LogP contribution in [0.3, 0.4) is 0 Å². The summed E-state index contributed by atoms with van der Waals surface area (Å²) in [6, 6.07) is 0. The predicted molar refractivity (Wildman–Crippen MR) is 109 cm³/mol. The quantitative estimate of drug-likeness (QED) is 0.315. The number of ketones is 1. The van der Waals surface area contributed by atoms with Gasteiger partial charge in [0.05, 0.1) is 19.3 Å².